The van der Waals surface area contributed by atoms with Crippen molar-refractivity contribution in [2.45, 2.75) is 69.6 Å². The molecule has 0 aromatic heterocycles. The van der Waals surface area contributed by atoms with Crippen molar-refractivity contribution in [1.82, 2.24) is 10.2 Å². The highest BCUT2D eigenvalue weighted by Crippen LogP contribution is 2.35. The van der Waals surface area contributed by atoms with Crippen LogP contribution < -0.4 is 5.32 Å². The molecule has 2 aliphatic carbocycles. The Bertz CT molecular complexity index is 208. The molecular formula is C12H22N2. The van der Waals surface area contributed by atoms with Gasteiger partial charge < -0.3 is 5.32 Å². The Morgan fingerprint density at radius 2 is 1.93 bits per heavy atom. The highest BCUT2D eigenvalue weighted by atomic mass is 15.3. The Hall–Kier alpha value is -0.0800. The summed E-state index contributed by atoms with van der Waals surface area (Å²) >= 11 is 0. The zero-order valence-corrected chi connectivity index (χ0v) is 9.21. The highest BCUT2D eigenvalue weighted by Gasteiger charge is 2.42. The van der Waals surface area contributed by atoms with Crippen molar-refractivity contribution in [3.8, 4) is 0 Å². The Morgan fingerprint density at radius 3 is 2.50 bits per heavy atom. The van der Waals surface area contributed by atoms with E-state index in [9.17, 15) is 0 Å². The van der Waals surface area contributed by atoms with Crippen LogP contribution in [0.3, 0.4) is 0 Å². The second-order valence-corrected chi connectivity index (χ2v) is 5.28. The van der Waals surface area contributed by atoms with E-state index in [0.717, 1.165) is 24.2 Å². The first-order valence-electron chi connectivity index (χ1n) is 6.40. The number of nitrogens with zero attached hydrogens (tertiary/aromatic N) is 1. The van der Waals surface area contributed by atoms with E-state index in [4.69, 9.17) is 0 Å². The smallest absolute Gasteiger partial charge is 0.0250 e. The minimum absolute atomic E-state index is 0.813. The SMILES string of the molecule is CCC1C(NC2CC2)CCN1C1CC1. The number of nitrogens with one attached hydrogen (secondary N) is 1. The van der Waals surface area contributed by atoms with E-state index in [2.05, 4.69) is 17.1 Å². The first kappa shape index (κ1) is 9.17. The molecular weight excluding hydrogens is 172 g/mol. The van der Waals surface area contributed by atoms with Gasteiger partial charge in [0.15, 0.2) is 0 Å². The summed E-state index contributed by atoms with van der Waals surface area (Å²) in [7, 11) is 0. The summed E-state index contributed by atoms with van der Waals surface area (Å²) in [4.78, 5) is 2.78. The molecule has 0 aromatic carbocycles. The van der Waals surface area contributed by atoms with Crippen LogP contribution in [0.4, 0.5) is 0 Å². The number of rotatable bonds is 4. The van der Waals surface area contributed by atoms with Gasteiger partial charge in [0.1, 0.15) is 0 Å². The number of hydrogen-bond donors (Lipinski definition) is 1. The van der Waals surface area contributed by atoms with E-state index >= 15 is 0 Å². The van der Waals surface area contributed by atoms with Crippen LogP contribution >= 0.6 is 0 Å². The monoisotopic (exact) mass is 194 g/mol. The van der Waals surface area contributed by atoms with Crippen molar-refractivity contribution in [1.29, 1.82) is 0 Å². The summed E-state index contributed by atoms with van der Waals surface area (Å²) < 4.78 is 0. The minimum Gasteiger partial charge on any atom is -0.310 e. The van der Waals surface area contributed by atoms with Gasteiger partial charge in [0.05, 0.1) is 0 Å². The zero-order chi connectivity index (χ0) is 9.54. The molecule has 2 atom stereocenters. The van der Waals surface area contributed by atoms with Gasteiger partial charge in [-0.25, -0.2) is 0 Å². The summed E-state index contributed by atoms with van der Waals surface area (Å²) in [5.74, 6) is 0. The molecule has 2 saturated carbocycles. The molecule has 3 fully saturated rings. The third kappa shape index (κ3) is 1.70. The molecule has 1 heterocycles. The molecule has 0 aromatic rings. The summed E-state index contributed by atoms with van der Waals surface area (Å²) in [5.41, 5.74) is 0. The first-order chi connectivity index (χ1) is 6.88. The van der Waals surface area contributed by atoms with Crippen LogP contribution in [0.2, 0.25) is 0 Å². The molecule has 2 heteroatoms. The lowest BCUT2D eigenvalue weighted by atomic mass is 10.1. The fraction of sp³-hybridized carbons (Fsp3) is 1.00. The molecule has 3 aliphatic rings. The normalized spacial score (nSPS) is 39.2. The van der Waals surface area contributed by atoms with Crippen molar-refractivity contribution >= 4 is 0 Å². The third-order valence-corrected chi connectivity index (χ3v) is 4.05. The standard InChI is InChI=1S/C12H22N2/c1-2-12-11(13-9-3-4-9)7-8-14(12)10-5-6-10/h9-13H,2-8H2,1H3. The van der Waals surface area contributed by atoms with E-state index in [-0.39, 0.29) is 0 Å². The van der Waals surface area contributed by atoms with Crippen molar-refractivity contribution in [2.24, 2.45) is 0 Å². The molecule has 3 rings (SSSR count). The second kappa shape index (κ2) is 3.49. The molecule has 2 nitrogen and oxygen atoms in total. The molecule has 0 radical (unpaired) electrons. The molecule has 1 aliphatic heterocycles. The van der Waals surface area contributed by atoms with Gasteiger partial charge in [-0.1, -0.05) is 6.92 Å². The van der Waals surface area contributed by atoms with Crippen LogP contribution in [-0.4, -0.2) is 35.6 Å². The molecule has 1 saturated heterocycles. The lowest BCUT2D eigenvalue weighted by Gasteiger charge is -2.27. The summed E-state index contributed by atoms with van der Waals surface area (Å²) in [6.45, 7) is 3.71. The van der Waals surface area contributed by atoms with Gasteiger partial charge in [-0.05, 0) is 38.5 Å². The highest BCUT2D eigenvalue weighted by molar-refractivity contribution is 5.00. The predicted molar refractivity (Wildman–Crippen MR) is 58.4 cm³/mol. The van der Waals surface area contributed by atoms with Gasteiger partial charge in [0.25, 0.3) is 0 Å². The molecule has 0 bridgehead atoms. The van der Waals surface area contributed by atoms with Gasteiger partial charge in [0.2, 0.25) is 0 Å². The Kier molecular flexibility index (Phi) is 2.29. The molecule has 1 N–H and O–H groups in total. The maximum atomic E-state index is 3.82. The predicted octanol–water partition coefficient (Wildman–Crippen LogP) is 1.75. The topological polar surface area (TPSA) is 15.3 Å². The van der Waals surface area contributed by atoms with Crippen molar-refractivity contribution in [3.05, 3.63) is 0 Å². The van der Waals surface area contributed by atoms with Gasteiger partial charge in [-0.3, -0.25) is 4.90 Å². The average molecular weight is 194 g/mol. The first-order valence-corrected chi connectivity index (χ1v) is 6.40. The molecule has 0 amide bonds. The van der Waals surface area contributed by atoms with Gasteiger partial charge >= 0.3 is 0 Å². The van der Waals surface area contributed by atoms with Gasteiger partial charge in [0, 0.05) is 30.7 Å². The quantitative estimate of drug-likeness (QED) is 0.733. The summed E-state index contributed by atoms with van der Waals surface area (Å²) in [6.07, 6.45) is 8.51. The number of hydrogen-bond acceptors (Lipinski definition) is 2. The van der Waals surface area contributed by atoms with Gasteiger partial charge in [-0.15, -0.1) is 0 Å². The van der Waals surface area contributed by atoms with E-state index in [1.54, 1.807) is 0 Å². The van der Waals surface area contributed by atoms with Crippen LogP contribution in [0.25, 0.3) is 0 Å². The van der Waals surface area contributed by atoms with Crippen LogP contribution in [0.5, 0.6) is 0 Å². The minimum atomic E-state index is 0.813. The summed E-state index contributed by atoms with van der Waals surface area (Å²) in [5, 5.41) is 3.82. The molecule has 80 valence electrons. The van der Waals surface area contributed by atoms with E-state index in [1.165, 1.54) is 45.1 Å². The molecule has 2 unspecified atom stereocenters. The van der Waals surface area contributed by atoms with E-state index in [1.807, 2.05) is 0 Å². The van der Waals surface area contributed by atoms with Gasteiger partial charge in [-0.2, -0.15) is 0 Å². The van der Waals surface area contributed by atoms with Crippen LogP contribution in [0.1, 0.15) is 45.4 Å². The largest absolute Gasteiger partial charge is 0.310 e. The van der Waals surface area contributed by atoms with Crippen molar-refractivity contribution in [3.63, 3.8) is 0 Å². The van der Waals surface area contributed by atoms with Crippen molar-refractivity contribution < 1.29 is 0 Å². The lowest BCUT2D eigenvalue weighted by Crippen LogP contribution is -2.43. The zero-order valence-electron chi connectivity index (χ0n) is 9.21. The van der Waals surface area contributed by atoms with Crippen LogP contribution in [0, 0.1) is 0 Å². The number of likely N-dealkylation sites (tertiary alicyclic amines) is 1. The van der Waals surface area contributed by atoms with Crippen LogP contribution in [-0.2, 0) is 0 Å². The van der Waals surface area contributed by atoms with Crippen molar-refractivity contribution in [2.75, 3.05) is 6.54 Å². The Labute approximate surface area is 87.0 Å². The van der Waals surface area contributed by atoms with Crippen LogP contribution in [0.15, 0.2) is 0 Å². The average Bonchev–Trinajstić information content (AvgIpc) is 3.05. The third-order valence-electron chi connectivity index (χ3n) is 4.05. The maximum absolute atomic E-state index is 3.82. The molecule has 14 heavy (non-hydrogen) atoms. The Morgan fingerprint density at radius 1 is 1.14 bits per heavy atom. The fourth-order valence-electron chi connectivity index (χ4n) is 3.00. The second-order valence-electron chi connectivity index (χ2n) is 5.28. The Balaban J connectivity index is 1.61. The fourth-order valence-corrected chi connectivity index (χ4v) is 3.00. The van der Waals surface area contributed by atoms with E-state index in [0.29, 0.717) is 0 Å². The van der Waals surface area contributed by atoms with E-state index < -0.39 is 0 Å². The summed E-state index contributed by atoms with van der Waals surface area (Å²) in [6, 6.07) is 3.51. The lowest BCUT2D eigenvalue weighted by molar-refractivity contribution is 0.218. The maximum Gasteiger partial charge on any atom is 0.0250 e. The molecule has 0 spiro atoms.